The van der Waals surface area contributed by atoms with E-state index in [1.54, 1.807) is 29.4 Å². The fourth-order valence-electron chi connectivity index (χ4n) is 3.54. The summed E-state index contributed by atoms with van der Waals surface area (Å²) in [5.41, 5.74) is 11.0. The molecule has 3 aromatic carbocycles. The summed E-state index contributed by atoms with van der Waals surface area (Å²) in [6, 6.07) is 29.0. The Bertz CT molecular complexity index is 1750. The first-order valence-electron chi connectivity index (χ1n) is 14.4. The zero-order valence-corrected chi connectivity index (χ0v) is 32.8. The van der Waals surface area contributed by atoms with Crippen molar-refractivity contribution in [3.05, 3.63) is 135 Å². The van der Waals surface area contributed by atoms with E-state index in [0.29, 0.717) is 21.7 Å². The number of anilines is 2. The molecule has 0 spiro atoms. The fourth-order valence-corrected chi connectivity index (χ4v) is 5.16. The number of benzene rings is 3. The number of nitriles is 1. The van der Waals surface area contributed by atoms with Crippen molar-refractivity contribution in [2.75, 3.05) is 28.6 Å². The molecule has 263 valence electrons. The molecule has 4 aromatic rings. The second-order valence-electron chi connectivity index (χ2n) is 9.15. The van der Waals surface area contributed by atoms with Gasteiger partial charge < -0.3 is 16.1 Å². The van der Waals surface area contributed by atoms with E-state index < -0.39 is 11.6 Å². The number of halogens is 3. The van der Waals surface area contributed by atoms with Gasteiger partial charge in [-0.3, -0.25) is 9.99 Å². The van der Waals surface area contributed by atoms with Gasteiger partial charge in [-0.05, 0) is 41.8 Å². The number of hydrogen-bond acceptors (Lipinski definition) is 11. The summed E-state index contributed by atoms with van der Waals surface area (Å²) in [7, 11) is 1.77. The van der Waals surface area contributed by atoms with Crippen molar-refractivity contribution < 1.29 is 28.9 Å². The van der Waals surface area contributed by atoms with E-state index >= 15 is 0 Å². The van der Waals surface area contributed by atoms with Crippen molar-refractivity contribution in [1.82, 2.24) is 21.2 Å². The Morgan fingerprint density at radius 1 is 1.02 bits per heavy atom. The molecule has 0 aliphatic carbocycles. The molecule has 2 N–H and O–H groups in total. The molecule has 2 aliphatic heterocycles. The van der Waals surface area contributed by atoms with Crippen LogP contribution in [0.4, 0.5) is 25.8 Å². The van der Waals surface area contributed by atoms with Gasteiger partial charge in [0.15, 0.2) is 5.17 Å². The summed E-state index contributed by atoms with van der Waals surface area (Å²) >= 11 is 6.28. The summed E-state index contributed by atoms with van der Waals surface area (Å²) in [6.07, 6.45) is 1.79. The number of amidine groups is 2. The van der Waals surface area contributed by atoms with Gasteiger partial charge in [-0.1, -0.05) is 59.7 Å². The quantitative estimate of drug-likeness (QED) is 0.196. The third-order valence-electron chi connectivity index (χ3n) is 5.72. The molecular weight excluding hydrogens is 925 g/mol. The van der Waals surface area contributed by atoms with Crippen molar-refractivity contribution in [1.29, 1.82) is 5.26 Å². The number of aromatic nitrogens is 1. The van der Waals surface area contributed by atoms with Gasteiger partial charge in [0.05, 0.1) is 0 Å². The summed E-state index contributed by atoms with van der Waals surface area (Å²) in [5, 5.41) is 22.8. The van der Waals surface area contributed by atoms with Gasteiger partial charge in [-0.15, -0.1) is 44.3 Å². The minimum Gasteiger partial charge on any atom is -0.454 e. The number of pyridine rings is 1. The first-order chi connectivity index (χ1) is 23.7. The Balaban J connectivity index is 0.000000249. The first kappa shape index (κ1) is 42.1. The van der Waals surface area contributed by atoms with Crippen molar-refractivity contribution in [3.63, 3.8) is 0 Å². The SMILES string of the molecule is Brc1c[c-]ccc1.CCSC1=NN[N-]N1c1[c-]cc(C#N)c(F)c1.Cc1ccccn1.[C-]#[N+]c1c[c-]c(N2C(SCC)=NNN2C)cc1F.[Ir]. The molecule has 17 heteroatoms. The van der Waals surface area contributed by atoms with Gasteiger partial charge in [0, 0.05) is 50.9 Å². The zero-order valence-electron chi connectivity index (χ0n) is 27.2. The number of hydrogen-bond donors (Lipinski definition) is 2. The predicted molar refractivity (Wildman–Crippen MR) is 197 cm³/mol. The molecule has 3 heterocycles. The Morgan fingerprint density at radius 3 is 2.26 bits per heavy atom. The normalized spacial score (nSPS) is 12.7. The van der Waals surface area contributed by atoms with Crippen LogP contribution in [-0.4, -0.2) is 39.0 Å². The third kappa shape index (κ3) is 13.0. The Kier molecular flexibility index (Phi) is 19.0. The summed E-state index contributed by atoms with van der Waals surface area (Å²) in [5.74, 6) is 0.530. The minimum atomic E-state index is -0.593. The molecular formula is C33H30BrF2IrN11S2-4. The Labute approximate surface area is 321 Å². The molecule has 1 radical (unpaired) electrons. The van der Waals surface area contributed by atoms with Crippen LogP contribution in [0, 0.1) is 54.7 Å². The second kappa shape index (κ2) is 22.6. The maximum absolute atomic E-state index is 13.6. The molecule has 1 aromatic heterocycles. The number of thioether (sulfide) groups is 2. The Morgan fingerprint density at radius 2 is 1.74 bits per heavy atom. The maximum atomic E-state index is 13.6. The van der Waals surface area contributed by atoms with Crippen LogP contribution in [0.3, 0.4) is 0 Å². The van der Waals surface area contributed by atoms with Crippen LogP contribution in [0.5, 0.6) is 0 Å². The van der Waals surface area contributed by atoms with Gasteiger partial charge in [-0.2, -0.15) is 47.6 Å². The van der Waals surface area contributed by atoms with Crippen molar-refractivity contribution in [2.24, 2.45) is 10.2 Å². The van der Waals surface area contributed by atoms with E-state index in [-0.39, 0.29) is 31.4 Å². The smallest absolute Gasteiger partial charge is 0.242 e. The molecule has 0 fully saturated rings. The van der Waals surface area contributed by atoms with Gasteiger partial charge in [0.1, 0.15) is 12.4 Å². The largest absolute Gasteiger partial charge is 0.454 e. The van der Waals surface area contributed by atoms with Gasteiger partial charge >= 0.3 is 0 Å². The number of nitrogens with zero attached hydrogens (tertiary/aromatic N) is 9. The van der Waals surface area contributed by atoms with Crippen LogP contribution in [0.25, 0.3) is 10.4 Å². The summed E-state index contributed by atoms with van der Waals surface area (Å²) < 4.78 is 28.1. The molecule has 50 heavy (non-hydrogen) atoms. The predicted octanol–water partition coefficient (Wildman–Crippen LogP) is 8.14. The molecule has 6 rings (SSSR count). The first-order valence-corrected chi connectivity index (χ1v) is 17.1. The average Bonchev–Trinajstić information content (AvgIpc) is 3.72. The second-order valence-corrected chi connectivity index (χ2v) is 12.5. The number of hydrazone groups is 2. The number of nitrogens with one attached hydrogen (secondary N) is 2. The van der Waals surface area contributed by atoms with Crippen molar-refractivity contribution >= 4 is 66.9 Å². The molecule has 0 saturated carbocycles. The van der Waals surface area contributed by atoms with Crippen LogP contribution >= 0.6 is 39.5 Å². The molecule has 0 atom stereocenters. The Hall–Kier alpha value is -4.06. The van der Waals surface area contributed by atoms with E-state index in [9.17, 15) is 8.78 Å². The van der Waals surface area contributed by atoms with Crippen LogP contribution in [-0.2, 0) is 20.1 Å². The van der Waals surface area contributed by atoms with Crippen LogP contribution in [0.15, 0.2) is 87.6 Å². The number of rotatable bonds is 4. The maximum Gasteiger partial charge on any atom is 0.242 e. The van der Waals surface area contributed by atoms with Crippen LogP contribution in [0.2, 0.25) is 0 Å². The average molecular weight is 955 g/mol. The molecule has 0 amide bonds. The van der Waals surface area contributed by atoms with Crippen molar-refractivity contribution in [3.8, 4) is 6.07 Å². The van der Waals surface area contributed by atoms with E-state index in [4.69, 9.17) is 11.8 Å². The molecule has 0 unspecified atom stereocenters. The van der Waals surface area contributed by atoms with Crippen LogP contribution < -0.4 is 21.1 Å². The van der Waals surface area contributed by atoms with Gasteiger partial charge in [0.25, 0.3) is 0 Å². The standard InChI is InChI=1S/C11H11FN5S.C10H8FN5S.C6H4Br.C6H7N.Ir/c1-4-18-11-14-15-16(3)17(11)8-5-6-10(13-2)9(12)7-8;1-2-17-10-13-14-15-16(10)8-4-3-7(6-12)9(11)5-8;7-6-4-2-1-3-5-6;1-6-4-2-3-5-7-6;/h6-7,15H,4H2,1,3H3;3,5,14H,2H2,1H3;1-2,4-5H;2-5H,1H3;/q-1;-2;-1;;. The van der Waals surface area contributed by atoms with Gasteiger partial charge in [-0.25, -0.2) is 24.4 Å². The topological polar surface area (TPSA) is 114 Å². The summed E-state index contributed by atoms with van der Waals surface area (Å²) in [6.45, 7) is 12.8. The minimum absolute atomic E-state index is 0. The molecule has 0 bridgehead atoms. The number of hydrazine groups is 2. The van der Waals surface area contributed by atoms with E-state index in [0.717, 1.165) is 21.7 Å². The van der Waals surface area contributed by atoms with E-state index in [1.165, 1.54) is 52.8 Å². The van der Waals surface area contributed by atoms with Crippen LogP contribution in [0.1, 0.15) is 25.1 Å². The fraction of sp³-hybridized carbons (Fsp3) is 0.182. The third-order valence-corrected chi connectivity index (χ3v) is 7.83. The number of aryl methyl sites for hydroxylation is 1. The van der Waals surface area contributed by atoms with Gasteiger partial charge in [0.2, 0.25) is 10.9 Å². The molecule has 0 saturated heterocycles. The van der Waals surface area contributed by atoms with E-state index in [1.807, 2.05) is 63.2 Å². The zero-order chi connectivity index (χ0) is 35.6. The van der Waals surface area contributed by atoms with E-state index in [2.05, 4.69) is 70.8 Å². The monoisotopic (exact) mass is 954 g/mol. The molecule has 2 aliphatic rings. The van der Waals surface area contributed by atoms with Crippen molar-refractivity contribution in [2.45, 2.75) is 20.8 Å². The summed E-state index contributed by atoms with van der Waals surface area (Å²) in [4.78, 5) is 7.05. The molecule has 11 nitrogen and oxygen atoms in total.